The van der Waals surface area contributed by atoms with Crippen LogP contribution in [0.1, 0.15) is 30.3 Å². The van der Waals surface area contributed by atoms with Crippen LogP contribution in [-0.4, -0.2) is 35.1 Å². The molecule has 0 bridgehead atoms. The first-order valence-electron chi connectivity index (χ1n) is 5.77. The monoisotopic (exact) mass is 272 g/mol. The predicted octanol–water partition coefficient (Wildman–Crippen LogP) is 2.63. The number of aromatic nitrogens is 1. The van der Waals surface area contributed by atoms with Crippen molar-refractivity contribution in [3.8, 4) is 0 Å². The van der Waals surface area contributed by atoms with Crippen LogP contribution >= 0.6 is 23.1 Å². The molecule has 0 amide bonds. The molecule has 1 fully saturated rings. The Labute approximate surface area is 109 Å². The van der Waals surface area contributed by atoms with Crippen LogP contribution in [0.15, 0.2) is 5.38 Å². The zero-order valence-corrected chi connectivity index (χ0v) is 11.4. The molecule has 1 unspecified atom stereocenters. The first-order chi connectivity index (χ1) is 8.29. The van der Waals surface area contributed by atoms with Gasteiger partial charge in [0, 0.05) is 17.2 Å². The van der Waals surface area contributed by atoms with Crippen LogP contribution in [0.5, 0.6) is 0 Å². The van der Waals surface area contributed by atoms with E-state index in [1.165, 1.54) is 29.9 Å². The molecule has 2 rings (SSSR count). The molecule has 1 aliphatic heterocycles. The van der Waals surface area contributed by atoms with Crippen LogP contribution in [-0.2, 0) is 4.74 Å². The highest BCUT2D eigenvalue weighted by Crippen LogP contribution is 2.26. The van der Waals surface area contributed by atoms with Gasteiger partial charge in [0.2, 0.25) is 0 Å². The van der Waals surface area contributed by atoms with E-state index in [4.69, 9.17) is 4.74 Å². The van der Waals surface area contributed by atoms with Crippen molar-refractivity contribution in [3.63, 3.8) is 0 Å². The SMILES string of the molecule is CCOC(=O)c1csc(NCC2CCCS2)n1. The van der Waals surface area contributed by atoms with E-state index >= 15 is 0 Å². The van der Waals surface area contributed by atoms with E-state index in [0.717, 1.165) is 11.7 Å². The maximum Gasteiger partial charge on any atom is 0.357 e. The van der Waals surface area contributed by atoms with Gasteiger partial charge >= 0.3 is 5.97 Å². The molecule has 1 atom stereocenters. The number of rotatable bonds is 5. The standard InChI is InChI=1S/C11H16N2O2S2/c1-2-15-10(14)9-7-17-11(13-9)12-6-8-4-3-5-16-8/h7-8H,2-6H2,1H3,(H,12,13). The second-order valence-corrected chi connectivity index (χ2v) is 6.04. The number of esters is 1. The van der Waals surface area contributed by atoms with E-state index in [-0.39, 0.29) is 5.97 Å². The molecule has 1 aromatic rings. The zero-order valence-electron chi connectivity index (χ0n) is 9.77. The third-order valence-corrected chi connectivity index (χ3v) is 4.69. The Morgan fingerprint density at radius 1 is 1.71 bits per heavy atom. The summed E-state index contributed by atoms with van der Waals surface area (Å²) < 4.78 is 4.89. The fourth-order valence-corrected chi connectivity index (χ4v) is 3.55. The molecule has 6 heteroatoms. The molecular weight excluding hydrogens is 256 g/mol. The zero-order chi connectivity index (χ0) is 12.1. The van der Waals surface area contributed by atoms with Gasteiger partial charge in [0.1, 0.15) is 0 Å². The minimum Gasteiger partial charge on any atom is -0.461 e. The largest absolute Gasteiger partial charge is 0.461 e. The van der Waals surface area contributed by atoms with E-state index in [2.05, 4.69) is 10.3 Å². The second kappa shape index (κ2) is 6.26. The highest BCUT2D eigenvalue weighted by atomic mass is 32.2. The van der Waals surface area contributed by atoms with Crippen molar-refractivity contribution in [2.45, 2.75) is 25.0 Å². The fourth-order valence-electron chi connectivity index (χ4n) is 1.66. The number of thiazole rings is 1. The molecule has 17 heavy (non-hydrogen) atoms. The molecule has 0 aliphatic carbocycles. The van der Waals surface area contributed by atoms with Crippen molar-refractivity contribution in [3.05, 3.63) is 11.1 Å². The minimum absolute atomic E-state index is 0.341. The summed E-state index contributed by atoms with van der Waals surface area (Å²) in [6.45, 7) is 3.11. The van der Waals surface area contributed by atoms with Gasteiger partial charge in [-0.1, -0.05) is 0 Å². The van der Waals surface area contributed by atoms with Crippen molar-refractivity contribution >= 4 is 34.2 Å². The smallest absolute Gasteiger partial charge is 0.357 e. The number of nitrogens with zero attached hydrogens (tertiary/aromatic N) is 1. The molecule has 0 saturated carbocycles. The van der Waals surface area contributed by atoms with Gasteiger partial charge in [-0.05, 0) is 25.5 Å². The van der Waals surface area contributed by atoms with Gasteiger partial charge in [0.05, 0.1) is 6.61 Å². The number of nitrogens with one attached hydrogen (secondary N) is 1. The normalized spacial score (nSPS) is 19.2. The maximum absolute atomic E-state index is 11.4. The van der Waals surface area contributed by atoms with Gasteiger partial charge in [-0.3, -0.25) is 0 Å². The van der Waals surface area contributed by atoms with Crippen LogP contribution in [0, 0.1) is 0 Å². The Hall–Kier alpha value is -0.750. The van der Waals surface area contributed by atoms with Gasteiger partial charge < -0.3 is 10.1 Å². The molecule has 1 saturated heterocycles. The van der Waals surface area contributed by atoms with Crippen LogP contribution in [0.4, 0.5) is 5.13 Å². The molecule has 94 valence electrons. The first kappa shape index (κ1) is 12.7. The highest BCUT2D eigenvalue weighted by Gasteiger charge is 2.16. The number of hydrogen-bond acceptors (Lipinski definition) is 6. The van der Waals surface area contributed by atoms with Gasteiger partial charge in [-0.2, -0.15) is 11.8 Å². The summed E-state index contributed by atoms with van der Waals surface area (Å²) in [7, 11) is 0. The van der Waals surface area contributed by atoms with Gasteiger partial charge in [-0.15, -0.1) is 11.3 Å². The molecular formula is C11H16N2O2S2. The maximum atomic E-state index is 11.4. The third kappa shape index (κ3) is 3.61. The molecule has 2 heterocycles. The average Bonchev–Trinajstić information content (AvgIpc) is 2.98. The van der Waals surface area contributed by atoms with E-state index in [1.54, 1.807) is 12.3 Å². The second-order valence-electron chi connectivity index (χ2n) is 3.77. The lowest BCUT2D eigenvalue weighted by Gasteiger charge is -2.08. The Morgan fingerprint density at radius 2 is 2.59 bits per heavy atom. The number of carbonyl (C=O) groups excluding carboxylic acids is 1. The number of thioether (sulfide) groups is 1. The Bertz CT molecular complexity index is 375. The first-order valence-corrected chi connectivity index (χ1v) is 7.70. The Kier molecular flexibility index (Phi) is 4.67. The molecule has 0 radical (unpaired) electrons. The van der Waals surface area contributed by atoms with Crippen molar-refractivity contribution < 1.29 is 9.53 Å². The summed E-state index contributed by atoms with van der Waals surface area (Å²) in [6.07, 6.45) is 2.58. The number of anilines is 1. The van der Waals surface area contributed by atoms with Crippen molar-refractivity contribution in [2.24, 2.45) is 0 Å². The average molecular weight is 272 g/mol. The third-order valence-electron chi connectivity index (χ3n) is 2.49. The van der Waals surface area contributed by atoms with Crippen LogP contribution < -0.4 is 5.32 Å². The minimum atomic E-state index is -0.341. The van der Waals surface area contributed by atoms with Crippen LogP contribution in [0.2, 0.25) is 0 Å². The molecule has 0 spiro atoms. The Balaban J connectivity index is 1.83. The van der Waals surface area contributed by atoms with Gasteiger partial charge in [0.15, 0.2) is 10.8 Å². The summed E-state index contributed by atoms with van der Waals surface area (Å²) >= 11 is 3.46. The van der Waals surface area contributed by atoms with Crippen LogP contribution in [0.25, 0.3) is 0 Å². The quantitative estimate of drug-likeness (QED) is 0.835. The van der Waals surface area contributed by atoms with E-state index in [9.17, 15) is 4.79 Å². The fraction of sp³-hybridized carbons (Fsp3) is 0.636. The Morgan fingerprint density at radius 3 is 3.29 bits per heavy atom. The van der Waals surface area contributed by atoms with Gasteiger partial charge in [-0.25, -0.2) is 9.78 Å². The van der Waals surface area contributed by atoms with Crippen molar-refractivity contribution in [2.75, 3.05) is 24.2 Å². The lowest BCUT2D eigenvalue weighted by Crippen LogP contribution is -2.13. The number of carbonyl (C=O) groups is 1. The molecule has 1 N–H and O–H groups in total. The van der Waals surface area contributed by atoms with E-state index in [0.29, 0.717) is 17.6 Å². The van der Waals surface area contributed by atoms with Crippen molar-refractivity contribution in [1.82, 2.24) is 4.98 Å². The van der Waals surface area contributed by atoms with Gasteiger partial charge in [0.25, 0.3) is 0 Å². The molecule has 1 aromatic heterocycles. The summed E-state index contributed by atoms with van der Waals surface area (Å²) in [4.78, 5) is 15.6. The summed E-state index contributed by atoms with van der Waals surface area (Å²) in [6, 6.07) is 0. The summed E-state index contributed by atoms with van der Waals surface area (Å²) in [5.74, 6) is 0.921. The van der Waals surface area contributed by atoms with Crippen molar-refractivity contribution in [1.29, 1.82) is 0 Å². The summed E-state index contributed by atoms with van der Waals surface area (Å²) in [5.41, 5.74) is 0.401. The summed E-state index contributed by atoms with van der Waals surface area (Å²) in [5, 5.41) is 6.51. The topological polar surface area (TPSA) is 51.2 Å². The molecule has 0 aromatic carbocycles. The number of ether oxygens (including phenoxy) is 1. The predicted molar refractivity (Wildman–Crippen MR) is 72.0 cm³/mol. The van der Waals surface area contributed by atoms with E-state index in [1.807, 2.05) is 11.8 Å². The number of hydrogen-bond donors (Lipinski definition) is 1. The lowest BCUT2D eigenvalue weighted by molar-refractivity contribution is 0.0520. The van der Waals surface area contributed by atoms with E-state index < -0.39 is 0 Å². The van der Waals surface area contributed by atoms with Crippen LogP contribution in [0.3, 0.4) is 0 Å². The molecule has 1 aliphatic rings. The lowest BCUT2D eigenvalue weighted by atomic mass is 10.2. The highest BCUT2D eigenvalue weighted by molar-refractivity contribution is 8.00. The molecule has 4 nitrogen and oxygen atoms in total.